The Hall–Kier alpha value is -1.36. The molecule has 18 heavy (non-hydrogen) atoms. The summed E-state index contributed by atoms with van der Waals surface area (Å²) in [5.41, 5.74) is 2.16. The maximum atomic E-state index is 4.57. The van der Waals surface area contributed by atoms with Crippen LogP contribution in [0.3, 0.4) is 0 Å². The number of nitrogens with one attached hydrogen (secondary N) is 1. The van der Waals surface area contributed by atoms with Crippen LogP contribution in [0.15, 0.2) is 11.6 Å². The molecule has 3 rings (SSSR count). The van der Waals surface area contributed by atoms with Gasteiger partial charge in [0.15, 0.2) is 0 Å². The summed E-state index contributed by atoms with van der Waals surface area (Å²) in [4.78, 5) is 9.10. The third-order valence-corrected chi connectivity index (χ3v) is 4.29. The monoisotopic (exact) mass is 262 g/mol. The summed E-state index contributed by atoms with van der Waals surface area (Å²) in [6.07, 6.45) is 4.68. The molecule has 0 aromatic carbocycles. The van der Waals surface area contributed by atoms with E-state index in [0.717, 1.165) is 22.3 Å². The molecular formula is C13H18N4S. The van der Waals surface area contributed by atoms with E-state index >= 15 is 0 Å². The van der Waals surface area contributed by atoms with Crippen LogP contribution >= 0.6 is 11.3 Å². The molecule has 0 spiro atoms. The fraction of sp³-hybridized carbons (Fsp3) is 0.538. The summed E-state index contributed by atoms with van der Waals surface area (Å²) in [6, 6.07) is 0.863. The van der Waals surface area contributed by atoms with Crippen molar-refractivity contribution in [3.8, 4) is 0 Å². The molecule has 2 aromatic heterocycles. The van der Waals surface area contributed by atoms with E-state index in [4.69, 9.17) is 0 Å². The smallest absolute Gasteiger partial charge is 0.203 e. The van der Waals surface area contributed by atoms with E-state index in [1.54, 1.807) is 11.3 Å². The fourth-order valence-electron chi connectivity index (χ4n) is 2.08. The van der Waals surface area contributed by atoms with Crippen molar-refractivity contribution in [3.63, 3.8) is 0 Å². The molecule has 4 nitrogen and oxygen atoms in total. The molecule has 1 unspecified atom stereocenters. The summed E-state index contributed by atoms with van der Waals surface area (Å²) >= 11 is 1.70. The van der Waals surface area contributed by atoms with Crippen molar-refractivity contribution < 1.29 is 0 Å². The van der Waals surface area contributed by atoms with Crippen molar-refractivity contribution in [2.75, 3.05) is 5.32 Å². The number of imidazole rings is 1. The average molecular weight is 262 g/mol. The zero-order valence-electron chi connectivity index (χ0n) is 11.0. The van der Waals surface area contributed by atoms with Crippen LogP contribution in [0.25, 0.3) is 0 Å². The van der Waals surface area contributed by atoms with Gasteiger partial charge in [-0.05, 0) is 33.6 Å². The van der Waals surface area contributed by atoms with E-state index in [-0.39, 0.29) is 6.04 Å². The maximum Gasteiger partial charge on any atom is 0.203 e. The first-order valence-corrected chi connectivity index (χ1v) is 7.25. The highest BCUT2D eigenvalue weighted by molar-refractivity contribution is 7.09. The largest absolute Gasteiger partial charge is 0.347 e. The Morgan fingerprint density at radius 1 is 1.33 bits per heavy atom. The van der Waals surface area contributed by atoms with Gasteiger partial charge in [-0.15, -0.1) is 11.3 Å². The van der Waals surface area contributed by atoms with E-state index in [1.807, 2.05) is 13.8 Å². The Morgan fingerprint density at radius 3 is 2.72 bits per heavy atom. The highest BCUT2D eigenvalue weighted by Gasteiger charge is 2.26. The molecule has 0 radical (unpaired) electrons. The molecule has 1 atom stereocenters. The molecule has 0 amide bonds. The lowest BCUT2D eigenvalue weighted by molar-refractivity contribution is 0.725. The SMILES string of the molecule is Cc1csc(C(C)Nc2nc(C)cn2C2CC2)n1. The minimum absolute atomic E-state index is 0.211. The third kappa shape index (κ3) is 2.27. The van der Waals surface area contributed by atoms with Gasteiger partial charge in [0.05, 0.1) is 11.7 Å². The van der Waals surface area contributed by atoms with Crippen molar-refractivity contribution in [1.82, 2.24) is 14.5 Å². The number of rotatable bonds is 4. The van der Waals surface area contributed by atoms with Gasteiger partial charge in [-0.3, -0.25) is 0 Å². The molecule has 2 aromatic rings. The van der Waals surface area contributed by atoms with E-state index < -0.39 is 0 Å². The minimum atomic E-state index is 0.211. The second-order valence-corrected chi connectivity index (χ2v) is 5.93. The van der Waals surface area contributed by atoms with Gasteiger partial charge in [0.2, 0.25) is 5.95 Å². The van der Waals surface area contributed by atoms with Crippen LogP contribution in [0.1, 0.15) is 48.2 Å². The highest BCUT2D eigenvalue weighted by atomic mass is 32.1. The van der Waals surface area contributed by atoms with Crippen molar-refractivity contribution in [3.05, 3.63) is 28.0 Å². The van der Waals surface area contributed by atoms with Crippen molar-refractivity contribution in [2.24, 2.45) is 0 Å². The van der Waals surface area contributed by atoms with E-state index in [0.29, 0.717) is 6.04 Å². The van der Waals surface area contributed by atoms with Gasteiger partial charge >= 0.3 is 0 Å². The van der Waals surface area contributed by atoms with Crippen molar-refractivity contribution in [1.29, 1.82) is 0 Å². The molecular weight excluding hydrogens is 244 g/mol. The number of hydrogen-bond acceptors (Lipinski definition) is 4. The van der Waals surface area contributed by atoms with Gasteiger partial charge in [-0.25, -0.2) is 9.97 Å². The van der Waals surface area contributed by atoms with Crippen LogP contribution < -0.4 is 5.32 Å². The molecule has 1 aliphatic carbocycles. The van der Waals surface area contributed by atoms with E-state index in [9.17, 15) is 0 Å². The van der Waals surface area contributed by atoms with Gasteiger partial charge in [0.1, 0.15) is 5.01 Å². The fourth-order valence-corrected chi connectivity index (χ4v) is 2.88. The van der Waals surface area contributed by atoms with Crippen LogP contribution in [0.5, 0.6) is 0 Å². The van der Waals surface area contributed by atoms with Crippen LogP contribution in [0, 0.1) is 13.8 Å². The summed E-state index contributed by atoms with van der Waals surface area (Å²) < 4.78 is 2.27. The minimum Gasteiger partial charge on any atom is -0.347 e. The first-order valence-electron chi connectivity index (χ1n) is 6.37. The van der Waals surface area contributed by atoms with E-state index in [1.165, 1.54) is 12.8 Å². The van der Waals surface area contributed by atoms with Crippen LogP contribution in [0.4, 0.5) is 5.95 Å². The van der Waals surface area contributed by atoms with Crippen LogP contribution in [-0.4, -0.2) is 14.5 Å². The zero-order chi connectivity index (χ0) is 12.7. The Bertz CT molecular complexity index is 553. The summed E-state index contributed by atoms with van der Waals surface area (Å²) in [5, 5.41) is 6.69. The summed E-state index contributed by atoms with van der Waals surface area (Å²) in [7, 11) is 0. The average Bonchev–Trinajstić information content (AvgIpc) is 2.97. The number of anilines is 1. The molecule has 1 fully saturated rings. The molecule has 1 aliphatic rings. The lowest BCUT2D eigenvalue weighted by Gasteiger charge is -2.13. The summed E-state index contributed by atoms with van der Waals surface area (Å²) in [5.74, 6) is 0.982. The Morgan fingerprint density at radius 2 is 2.11 bits per heavy atom. The van der Waals surface area contributed by atoms with Gasteiger partial charge in [-0.1, -0.05) is 0 Å². The Balaban J connectivity index is 1.79. The van der Waals surface area contributed by atoms with E-state index in [2.05, 4.69) is 38.4 Å². The van der Waals surface area contributed by atoms with Gasteiger partial charge in [0.25, 0.3) is 0 Å². The second kappa shape index (κ2) is 4.39. The molecule has 0 saturated heterocycles. The molecule has 1 saturated carbocycles. The predicted molar refractivity (Wildman–Crippen MR) is 74.1 cm³/mol. The second-order valence-electron chi connectivity index (χ2n) is 5.04. The first-order chi connectivity index (χ1) is 8.63. The molecule has 0 bridgehead atoms. The Labute approximate surface area is 111 Å². The first kappa shape index (κ1) is 11.7. The predicted octanol–water partition coefficient (Wildman–Crippen LogP) is 3.46. The number of thiazole rings is 1. The lowest BCUT2D eigenvalue weighted by atomic mass is 10.3. The normalized spacial score (nSPS) is 16.8. The number of aromatic nitrogens is 3. The zero-order valence-corrected chi connectivity index (χ0v) is 11.8. The molecule has 0 aliphatic heterocycles. The van der Waals surface area contributed by atoms with Crippen LogP contribution in [0.2, 0.25) is 0 Å². The van der Waals surface area contributed by atoms with Gasteiger partial charge in [-0.2, -0.15) is 0 Å². The van der Waals surface area contributed by atoms with Crippen molar-refractivity contribution in [2.45, 2.75) is 45.7 Å². The highest BCUT2D eigenvalue weighted by Crippen LogP contribution is 2.38. The van der Waals surface area contributed by atoms with Crippen molar-refractivity contribution >= 4 is 17.3 Å². The topological polar surface area (TPSA) is 42.7 Å². The van der Waals surface area contributed by atoms with Gasteiger partial charge < -0.3 is 9.88 Å². The quantitative estimate of drug-likeness (QED) is 0.917. The molecule has 2 heterocycles. The molecule has 5 heteroatoms. The maximum absolute atomic E-state index is 4.57. The summed E-state index contributed by atoms with van der Waals surface area (Å²) in [6.45, 7) is 6.21. The molecule has 96 valence electrons. The number of hydrogen-bond donors (Lipinski definition) is 1. The van der Waals surface area contributed by atoms with Gasteiger partial charge in [0, 0.05) is 23.3 Å². The standard InChI is InChI=1S/C13H18N4S/c1-8-6-17(11-4-5-11)13(15-8)16-10(3)12-14-9(2)7-18-12/h6-7,10-11H,4-5H2,1-3H3,(H,15,16). The number of nitrogens with zero attached hydrogens (tertiary/aromatic N) is 3. The Kier molecular flexibility index (Phi) is 2.86. The lowest BCUT2D eigenvalue weighted by Crippen LogP contribution is -2.11. The van der Waals surface area contributed by atoms with Crippen LogP contribution in [-0.2, 0) is 0 Å². The molecule has 1 N–H and O–H groups in total. The number of aryl methyl sites for hydroxylation is 2. The third-order valence-electron chi connectivity index (χ3n) is 3.15.